The molecular formula is C19H18N2O5. The number of hydrogen-bond acceptors (Lipinski definition) is 5. The third-order valence-electron chi connectivity index (χ3n) is 4.86. The molecule has 1 aromatic carbocycles. The van der Waals surface area contributed by atoms with E-state index in [1.807, 2.05) is 25.1 Å². The fourth-order valence-corrected chi connectivity index (χ4v) is 3.53. The molecule has 0 saturated carbocycles. The number of carboxylic acids is 1. The van der Waals surface area contributed by atoms with Gasteiger partial charge in [0.05, 0.1) is 5.92 Å². The summed E-state index contributed by atoms with van der Waals surface area (Å²) in [6.07, 6.45) is 0. The Morgan fingerprint density at radius 2 is 1.96 bits per heavy atom. The number of carbonyl (C=O) groups is 2. The van der Waals surface area contributed by atoms with Gasteiger partial charge in [0.25, 0.3) is 5.91 Å². The van der Waals surface area contributed by atoms with E-state index >= 15 is 0 Å². The Balaban J connectivity index is 1.61. The molecule has 2 aliphatic rings. The van der Waals surface area contributed by atoms with Crippen LogP contribution in [0.4, 0.5) is 0 Å². The molecule has 1 amide bonds. The molecule has 134 valence electrons. The van der Waals surface area contributed by atoms with Crippen LogP contribution >= 0.6 is 0 Å². The molecule has 1 saturated heterocycles. The summed E-state index contributed by atoms with van der Waals surface area (Å²) >= 11 is 0. The molecule has 7 heteroatoms. The summed E-state index contributed by atoms with van der Waals surface area (Å²) in [6.45, 7) is 2.46. The summed E-state index contributed by atoms with van der Waals surface area (Å²) in [5, 5.41) is 9.64. The Morgan fingerprint density at radius 1 is 1.15 bits per heavy atom. The van der Waals surface area contributed by atoms with Gasteiger partial charge in [-0.15, -0.1) is 0 Å². The molecule has 4 rings (SSSR count). The van der Waals surface area contributed by atoms with Gasteiger partial charge in [0.2, 0.25) is 6.79 Å². The van der Waals surface area contributed by atoms with Crippen molar-refractivity contribution in [1.29, 1.82) is 0 Å². The lowest BCUT2D eigenvalue weighted by Crippen LogP contribution is -2.30. The Bertz CT molecular complexity index is 882. The molecule has 2 aliphatic heterocycles. The van der Waals surface area contributed by atoms with E-state index in [1.165, 1.54) is 0 Å². The van der Waals surface area contributed by atoms with Gasteiger partial charge >= 0.3 is 5.97 Å². The molecule has 26 heavy (non-hydrogen) atoms. The molecule has 2 atom stereocenters. The van der Waals surface area contributed by atoms with Crippen LogP contribution in [0.5, 0.6) is 11.5 Å². The van der Waals surface area contributed by atoms with E-state index < -0.39 is 11.9 Å². The van der Waals surface area contributed by atoms with Gasteiger partial charge in [-0.3, -0.25) is 9.59 Å². The normalized spacial score (nSPS) is 21.0. The minimum atomic E-state index is -0.917. The van der Waals surface area contributed by atoms with Crippen LogP contribution in [-0.2, 0) is 4.79 Å². The molecule has 1 N–H and O–H groups in total. The van der Waals surface area contributed by atoms with Gasteiger partial charge < -0.3 is 19.5 Å². The quantitative estimate of drug-likeness (QED) is 0.908. The van der Waals surface area contributed by atoms with Gasteiger partial charge in [-0.2, -0.15) is 0 Å². The first-order valence-electron chi connectivity index (χ1n) is 8.38. The van der Waals surface area contributed by atoms with E-state index in [2.05, 4.69) is 4.98 Å². The van der Waals surface area contributed by atoms with Gasteiger partial charge in [-0.05, 0) is 36.8 Å². The molecule has 0 aliphatic carbocycles. The summed E-state index contributed by atoms with van der Waals surface area (Å²) in [5.41, 5.74) is 1.91. The molecule has 3 heterocycles. The van der Waals surface area contributed by atoms with E-state index in [-0.39, 0.29) is 25.2 Å². The maximum Gasteiger partial charge on any atom is 0.308 e. The SMILES string of the molecule is Cc1cccc(C(=O)N2C[C@H](C(=O)O)[C@@H](c3ccc4c(c3)OCO4)C2)n1. The predicted molar refractivity (Wildman–Crippen MR) is 91.3 cm³/mol. The smallest absolute Gasteiger partial charge is 0.308 e. The van der Waals surface area contributed by atoms with Crippen LogP contribution < -0.4 is 9.47 Å². The number of pyridine rings is 1. The van der Waals surface area contributed by atoms with Crippen LogP contribution in [0.25, 0.3) is 0 Å². The highest BCUT2D eigenvalue weighted by Crippen LogP contribution is 2.39. The van der Waals surface area contributed by atoms with E-state index in [4.69, 9.17) is 9.47 Å². The third-order valence-corrected chi connectivity index (χ3v) is 4.86. The maximum atomic E-state index is 12.8. The minimum Gasteiger partial charge on any atom is -0.481 e. The number of likely N-dealkylation sites (tertiary alicyclic amines) is 1. The monoisotopic (exact) mass is 354 g/mol. The molecular weight excluding hydrogens is 336 g/mol. The summed E-state index contributed by atoms with van der Waals surface area (Å²) in [7, 11) is 0. The molecule has 7 nitrogen and oxygen atoms in total. The number of ether oxygens (including phenoxy) is 2. The maximum absolute atomic E-state index is 12.8. The van der Waals surface area contributed by atoms with Crippen LogP contribution in [0, 0.1) is 12.8 Å². The number of nitrogens with zero attached hydrogens (tertiary/aromatic N) is 2. The number of benzene rings is 1. The van der Waals surface area contributed by atoms with Crippen molar-refractivity contribution < 1.29 is 24.2 Å². The minimum absolute atomic E-state index is 0.156. The number of carboxylic acid groups (broad SMARTS) is 1. The van der Waals surface area contributed by atoms with Gasteiger partial charge in [0, 0.05) is 24.7 Å². The average Bonchev–Trinajstić information content (AvgIpc) is 3.27. The molecule has 0 unspecified atom stereocenters. The first-order chi connectivity index (χ1) is 12.5. The fourth-order valence-electron chi connectivity index (χ4n) is 3.53. The first-order valence-corrected chi connectivity index (χ1v) is 8.38. The van der Waals surface area contributed by atoms with Gasteiger partial charge in [0.1, 0.15) is 5.69 Å². The summed E-state index contributed by atoms with van der Waals surface area (Å²) < 4.78 is 10.7. The van der Waals surface area contributed by atoms with Crippen LogP contribution in [0.1, 0.15) is 27.7 Å². The molecule has 0 radical (unpaired) electrons. The van der Waals surface area contributed by atoms with Crippen molar-refractivity contribution in [3.8, 4) is 11.5 Å². The van der Waals surface area contributed by atoms with Crippen molar-refractivity contribution in [2.45, 2.75) is 12.8 Å². The first kappa shape index (κ1) is 16.4. The number of fused-ring (bicyclic) bond motifs is 1. The van der Waals surface area contributed by atoms with E-state index in [1.54, 1.807) is 23.1 Å². The van der Waals surface area contributed by atoms with Gasteiger partial charge in [-0.1, -0.05) is 12.1 Å². The van der Waals surface area contributed by atoms with E-state index in [9.17, 15) is 14.7 Å². The largest absolute Gasteiger partial charge is 0.481 e. The van der Waals surface area contributed by atoms with Gasteiger partial charge in [-0.25, -0.2) is 4.98 Å². The lowest BCUT2D eigenvalue weighted by Gasteiger charge is -2.16. The molecule has 2 aromatic rings. The standard InChI is InChI=1S/C19H18N2O5/c1-11-3-2-4-15(20-11)18(22)21-8-13(14(9-21)19(23)24)12-5-6-16-17(7-12)26-10-25-16/h2-7,13-14H,8-10H2,1H3,(H,23,24)/t13-,14+/m1/s1. The number of rotatable bonds is 3. The fraction of sp³-hybridized carbons (Fsp3) is 0.316. The second-order valence-electron chi connectivity index (χ2n) is 6.54. The van der Waals surface area contributed by atoms with Crippen LogP contribution in [0.2, 0.25) is 0 Å². The predicted octanol–water partition coefficient (Wildman–Crippen LogP) is 2.06. The number of amides is 1. The number of carbonyl (C=O) groups excluding carboxylic acids is 1. The Hall–Kier alpha value is -3.09. The second-order valence-corrected chi connectivity index (χ2v) is 6.54. The Kier molecular flexibility index (Phi) is 3.99. The lowest BCUT2D eigenvalue weighted by atomic mass is 9.89. The van der Waals surface area contributed by atoms with Crippen molar-refractivity contribution in [2.75, 3.05) is 19.9 Å². The molecule has 0 bridgehead atoms. The zero-order valence-corrected chi connectivity index (χ0v) is 14.2. The highest BCUT2D eigenvalue weighted by atomic mass is 16.7. The van der Waals surface area contributed by atoms with Crippen molar-refractivity contribution in [3.05, 3.63) is 53.3 Å². The highest BCUT2D eigenvalue weighted by Gasteiger charge is 2.41. The molecule has 1 aromatic heterocycles. The number of aromatic nitrogens is 1. The Labute approximate surface area is 150 Å². The third kappa shape index (κ3) is 2.85. The van der Waals surface area contributed by atoms with Crippen molar-refractivity contribution in [3.63, 3.8) is 0 Å². The van der Waals surface area contributed by atoms with E-state index in [0.29, 0.717) is 23.7 Å². The topological polar surface area (TPSA) is 89.0 Å². The summed E-state index contributed by atoms with van der Waals surface area (Å²) in [5.74, 6) is -0.893. The molecule has 1 fully saturated rings. The average molecular weight is 354 g/mol. The zero-order chi connectivity index (χ0) is 18.3. The zero-order valence-electron chi connectivity index (χ0n) is 14.2. The number of aryl methyl sites for hydroxylation is 1. The van der Waals surface area contributed by atoms with E-state index in [0.717, 1.165) is 11.3 Å². The van der Waals surface area contributed by atoms with Crippen molar-refractivity contribution >= 4 is 11.9 Å². The second kappa shape index (κ2) is 6.33. The highest BCUT2D eigenvalue weighted by molar-refractivity contribution is 5.93. The summed E-state index contributed by atoms with van der Waals surface area (Å²) in [4.78, 5) is 30.3. The Morgan fingerprint density at radius 3 is 2.73 bits per heavy atom. The van der Waals surface area contributed by atoms with Gasteiger partial charge in [0.15, 0.2) is 11.5 Å². The number of aliphatic carboxylic acids is 1. The van der Waals surface area contributed by atoms with Crippen LogP contribution in [-0.4, -0.2) is 46.7 Å². The molecule has 0 spiro atoms. The van der Waals surface area contributed by atoms with Crippen molar-refractivity contribution in [1.82, 2.24) is 9.88 Å². The van der Waals surface area contributed by atoms with Crippen LogP contribution in [0.15, 0.2) is 36.4 Å². The summed E-state index contributed by atoms with van der Waals surface area (Å²) in [6, 6.07) is 10.7. The van der Waals surface area contributed by atoms with Crippen LogP contribution in [0.3, 0.4) is 0 Å². The number of hydrogen-bond donors (Lipinski definition) is 1. The van der Waals surface area contributed by atoms with Crippen molar-refractivity contribution in [2.24, 2.45) is 5.92 Å². The lowest BCUT2D eigenvalue weighted by molar-refractivity contribution is -0.141.